The lowest BCUT2D eigenvalue weighted by Gasteiger charge is -2.24. The molecular formula is C17H21Br2N4O8P. The van der Waals surface area contributed by atoms with Crippen molar-refractivity contribution in [2.45, 2.75) is 19.6 Å². The van der Waals surface area contributed by atoms with Crippen LogP contribution in [0, 0.1) is 20.2 Å². The highest BCUT2D eigenvalue weighted by Crippen LogP contribution is 2.44. The first-order chi connectivity index (χ1) is 15.2. The molecule has 0 aliphatic rings. The van der Waals surface area contributed by atoms with Crippen molar-refractivity contribution in [3.8, 4) is 5.75 Å². The van der Waals surface area contributed by atoms with Gasteiger partial charge >= 0.3 is 19.2 Å². The summed E-state index contributed by atoms with van der Waals surface area (Å²) in [6, 6.07) is 6.72. The first-order valence-electron chi connectivity index (χ1n) is 9.24. The van der Waals surface area contributed by atoms with Gasteiger partial charge in [-0.1, -0.05) is 37.9 Å². The number of benzene rings is 1. The third kappa shape index (κ3) is 7.64. The summed E-state index contributed by atoms with van der Waals surface area (Å²) < 4.78 is 29.1. The van der Waals surface area contributed by atoms with Crippen molar-refractivity contribution in [1.29, 1.82) is 0 Å². The maximum Gasteiger partial charge on any atom is 0.433 e. The van der Waals surface area contributed by atoms with Gasteiger partial charge < -0.3 is 9.15 Å². The normalized spacial score (nSPS) is 12.5. The van der Waals surface area contributed by atoms with Gasteiger partial charge in [-0.15, -0.1) is 0 Å². The largest absolute Gasteiger partial charge is 0.479 e. The highest BCUT2D eigenvalue weighted by Gasteiger charge is 2.27. The third-order valence-electron chi connectivity index (χ3n) is 3.98. The predicted molar refractivity (Wildman–Crippen MR) is 123 cm³/mol. The van der Waals surface area contributed by atoms with Gasteiger partial charge in [0, 0.05) is 29.8 Å². The standard InChI is InChI=1S/C17H21Br2N4O8P/c1-12(31-32(28,20-8-6-18)21-9-7-19)13-2-4-16(15(10-13)22(24)25)29-11-14-3-5-17(30-14)23(26)27/h2-5,10,12H,6-9,11H2,1H3,(H2,20,21,28). The highest BCUT2D eigenvalue weighted by atomic mass is 79.9. The van der Waals surface area contributed by atoms with Crippen molar-refractivity contribution in [3.05, 3.63) is 61.9 Å². The molecule has 0 aliphatic heterocycles. The number of hydrogen-bond acceptors (Lipinski definition) is 8. The molecule has 1 unspecified atom stereocenters. The zero-order chi connectivity index (χ0) is 23.7. The van der Waals surface area contributed by atoms with Crippen molar-refractivity contribution >= 4 is 51.1 Å². The Balaban J connectivity index is 2.16. The van der Waals surface area contributed by atoms with E-state index in [0.29, 0.717) is 29.3 Å². The summed E-state index contributed by atoms with van der Waals surface area (Å²) in [7, 11) is -3.41. The van der Waals surface area contributed by atoms with E-state index in [1.165, 1.54) is 24.3 Å². The summed E-state index contributed by atoms with van der Waals surface area (Å²) in [5.41, 5.74) is 0.0786. The molecule has 0 saturated heterocycles. The molecule has 2 N–H and O–H groups in total. The molecule has 0 amide bonds. The second kappa shape index (κ2) is 12.4. The SMILES string of the molecule is CC(OP(=O)(NCCBr)NCCBr)c1ccc(OCc2ccc([N+](=O)[O-])o2)c([N+](=O)[O-])c1. The molecule has 0 spiro atoms. The summed E-state index contributed by atoms with van der Waals surface area (Å²) in [6.45, 7) is 2.16. The number of alkyl halides is 2. The number of nitro groups is 2. The minimum atomic E-state index is -3.41. The van der Waals surface area contributed by atoms with Crippen molar-refractivity contribution in [3.63, 3.8) is 0 Å². The molecule has 1 heterocycles. The van der Waals surface area contributed by atoms with Crippen LogP contribution in [-0.2, 0) is 15.7 Å². The summed E-state index contributed by atoms with van der Waals surface area (Å²) in [5, 5.41) is 29.0. The first-order valence-corrected chi connectivity index (χ1v) is 13.1. The second-order valence-electron chi connectivity index (χ2n) is 6.26. The van der Waals surface area contributed by atoms with Gasteiger partial charge in [-0.3, -0.25) is 29.3 Å². The van der Waals surface area contributed by atoms with Gasteiger partial charge in [0.15, 0.2) is 5.75 Å². The smallest absolute Gasteiger partial charge is 0.433 e. The summed E-state index contributed by atoms with van der Waals surface area (Å²) in [6.07, 6.45) is -0.744. The number of rotatable bonds is 14. The highest BCUT2D eigenvalue weighted by molar-refractivity contribution is 9.09. The van der Waals surface area contributed by atoms with Crippen molar-refractivity contribution in [1.82, 2.24) is 10.2 Å². The lowest BCUT2D eigenvalue weighted by molar-refractivity contribution is -0.402. The average Bonchev–Trinajstić information content (AvgIpc) is 3.24. The van der Waals surface area contributed by atoms with E-state index in [-0.39, 0.29) is 23.8 Å². The van der Waals surface area contributed by atoms with Gasteiger partial charge in [0.25, 0.3) is 0 Å². The third-order valence-corrected chi connectivity index (χ3v) is 6.67. The zero-order valence-corrected chi connectivity index (χ0v) is 20.9. The van der Waals surface area contributed by atoms with Crippen molar-refractivity contribution in [2.24, 2.45) is 0 Å². The molecule has 15 heteroatoms. The number of furan rings is 1. The van der Waals surface area contributed by atoms with Crippen molar-refractivity contribution in [2.75, 3.05) is 23.7 Å². The fraction of sp³-hybridized carbons (Fsp3) is 0.412. The number of nitrogens with one attached hydrogen (secondary N) is 2. The Morgan fingerprint density at radius 1 is 1.09 bits per heavy atom. The Kier molecular flexibility index (Phi) is 10.3. The van der Waals surface area contributed by atoms with Gasteiger partial charge in [-0.2, -0.15) is 0 Å². The minimum Gasteiger partial charge on any atom is -0.479 e. The lowest BCUT2D eigenvalue weighted by atomic mass is 10.1. The molecule has 1 atom stereocenters. The molecule has 2 aromatic rings. The number of hydrogen-bond donors (Lipinski definition) is 2. The van der Waals surface area contributed by atoms with E-state index >= 15 is 0 Å². The van der Waals surface area contributed by atoms with Gasteiger partial charge in [-0.25, -0.2) is 10.2 Å². The Morgan fingerprint density at radius 3 is 2.28 bits per heavy atom. The van der Waals surface area contributed by atoms with Crippen LogP contribution in [0.1, 0.15) is 24.4 Å². The maximum atomic E-state index is 13.0. The molecule has 2 rings (SSSR count). The zero-order valence-electron chi connectivity index (χ0n) is 16.9. The van der Waals surface area contributed by atoms with E-state index in [9.17, 15) is 24.8 Å². The Hall–Kier alpha value is -1.83. The van der Waals surface area contributed by atoms with Crippen LogP contribution in [0.2, 0.25) is 0 Å². The van der Waals surface area contributed by atoms with E-state index in [0.717, 1.165) is 0 Å². The van der Waals surface area contributed by atoms with Crippen LogP contribution in [0.3, 0.4) is 0 Å². The Bertz CT molecular complexity index is 977. The quantitative estimate of drug-likeness (QED) is 0.133. The van der Waals surface area contributed by atoms with E-state index in [2.05, 4.69) is 42.0 Å². The fourth-order valence-corrected chi connectivity index (χ4v) is 5.19. The summed E-state index contributed by atoms with van der Waals surface area (Å²) in [4.78, 5) is 20.9. The van der Waals surface area contributed by atoms with E-state index in [4.69, 9.17) is 13.7 Å². The maximum absolute atomic E-state index is 13.0. The molecule has 1 aromatic heterocycles. The number of halogens is 2. The molecule has 12 nitrogen and oxygen atoms in total. The molecule has 0 fully saturated rings. The number of nitrogens with zero attached hydrogens (tertiary/aromatic N) is 2. The second-order valence-corrected chi connectivity index (χ2v) is 9.80. The monoisotopic (exact) mass is 598 g/mol. The first kappa shape index (κ1) is 26.4. The summed E-state index contributed by atoms with van der Waals surface area (Å²) >= 11 is 6.50. The van der Waals surface area contributed by atoms with Crippen LogP contribution in [0.25, 0.3) is 0 Å². The van der Waals surface area contributed by atoms with Gasteiger partial charge in [-0.05, 0) is 24.6 Å². The van der Waals surface area contributed by atoms with Crippen LogP contribution in [0.5, 0.6) is 5.75 Å². The van der Waals surface area contributed by atoms with E-state index in [1.807, 2.05) is 0 Å². The van der Waals surface area contributed by atoms with E-state index < -0.39 is 29.5 Å². The molecule has 0 saturated carbocycles. The Morgan fingerprint density at radius 2 is 1.75 bits per heavy atom. The van der Waals surface area contributed by atoms with Crippen LogP contribution >= 0.6 is 39.5 Å². The minimum absolute atomic E-state index is 0.0528. The molecular weight excluding hydrogens is 579 g/mol. The van der Waals surface area contributed by atoms with Gasteiger partial charge in [0.05, 0.1) is 17.1 Å². The van der Waals surface area contributed by atoms with Crippen LogP contribution in [0.4, 0.5) is 11.6 Å². The van der Waals surface area contributed by atoms with Gasteiger partial charge in [0.2, 0.25) is 0 Å². The fourth-order valence-electron chi connectivity index (χ4n) is 2.54. The average molecular weight is 600 g/mol. The van der Waals surface area contributed by atoms with Crippen LogP contribution in [0.15, 0.2) is 34.7 Å². The molecule has 0 radical (unpaired) electrons. The number of nitro benzene ring substituents is 1. The van der Waals surface area contributed by atoms with Crippen LogP contribution < -0.4 is 14.9 Å². The van der Waals surface area contributed by atoms with E-state index in [1.54, 1.807) is 13.0 Å². The lowest BCUT2D eigenvalue weighted by Crippen LogP contribution is -2.27. The predicted octanol–water partition coefficient (Wildman–Crippen LogP) is 4.83. The summed E-state index contributed by atoms with van der Waals surface area (Å²) in [5.74, 6) is -0.364. The Labute approximate surface area is 200 Å². The van der Waals surface area contributed by atoms with Crippen molar-refractivity contribution < 1.29 is 28.1 Å². The molecule has 0 aliphatic carbocycles. The topological polar surface area (TPSA) is 159 Å². The van der Waals surface area contributed by atoms with Crippen LogP contribution in [-0.4, -0.2) is 33.6 Å². The molecule has 32 heavy (non-hydrogen) atoms. The molecule has 0 bridgehead atoms. The molecule has 176 valence electrons. The molecule has 1 aromatic carbocycles. The number of ether oxygens (including phenoxy) is 1. The van der Waals surface area contributed by atoms with Gasteiger partial charge in [0.1, 0.15) is 17.3 Å².